The van der Waals surface area contributed by atoms with Crippen molar-refractivity contribution in [2.24, 2.45) is 0 Å². The third-order valence-corrected chi connectivity index (χ3v) is 5.34. The summed E-state index contributed by atoms with van der Waals surface area (Å²) in [5.41, 5.74) is 3.42. The van der Waals surface area contributed by atoms with E-state index in [1.165, 1.54) is 31.5 Å². The van der Waals surface area contributed by atoms with E-state index in [0.717, 1.165) is 11.0 Å². The molecule has 1 radical (unpaired) electrons. The zero-order valence-electron chi connectivity index (χ0n) is 12.9. The Hall–Kier alpha value is -2.00. The van der Waals surface area contributed by atoms with Gasteiger partial charge in [-0.1, -0.05) is 35.0 Å². The van der Waals surface area contributed by atoms with E-state index < -0.39 is 0 Å². The summed E-state index contributed by atoms with van der Waals surface area (Å²) in [4.78, 5) is 2.61. The molecule has 2 aromatic carbocycles. The number of fused-ring (bicyclic) bond motifs is 6. The molecule has 0 N–H and O–H groups in total. The van der Waals surface area contributed by atoms with E-state index in [-0.39, 0.29) is 20.1 Å². The number of nitrogens with zero attached hydrogens (tertiary/aromatic N) is 2. The molecule has 0 bridgehead atoms. The van der Waals surface area contributed by atoms with E-state index in [4.69, 9.17) is 0 Å². The maximum absolute atomic E-state index is 4.53. The monoisotopic (exact) mass is 506 g/mol. The molecule has 2 nitrogen and oxygen atoms in total. The summed E-state index contributed by atoms with van der Waals surface area (Å²) in [5, 5.41) is 8.24. The zero-order valence-corrected chi connectivity index (χ0v) is 16.1. The Balaban J connectivity index is 0.00000146. The molecule has 5 rings (SSSR count). The average Bonchev–Trinajstić information content (AvgIpc) is 3.23. The van der Waals surface area contributed by atoms with Gasteiger partial charge in [0, 0.05) is 36.1 Å². The van der Waals surface area contributed by atoms with Gasteiger partial charge in [-0.15, -0.1) is 16.9 Å². The van der Waals surface area contributed by atoms with E-state index in [1.807, 2.05) is 28.1 Å². The van der Waals surface area contributed by atoms with Crippen molar-refractivity contribution >= 4 is 38.5 Å². The molecule has 3 aromatic heterocycles. The van der Waals surface area contributed by atoms with Crippen molar-refractivity contribution in [2.45, 2.75) is 6.92 Å². The Morgan fingerprint density at radius 3 is 2.62 bits per heavy atom. The fourth-order valence-corrected chi connectivity index (χ4v) is 4.22. The topological polar surface area (TPSA) is 17.3 Å². The minimum atomic E-state index is 0. The first-order valence-electron chi connectivity index (χ1n) is 7.58. The number of pyridine rings is 1. The fraction of sp³-hybridized carbons (Fsp3) is 0.0500. The van der Waals surface area contributed by atoms with Gasteiger partial charge in [0.15, 0.2) is 0 Å². The summed E-state index contributed by atoms with van der Waals surface area (Å²) in [6.45, 7) is 2.15. The molecule has 24 heavy (non-hydrogen) atoms. The van der Waals surface area contributed by atoms with Crippen molar-refractivity contribution < 1.29 is 20.1 Å². The van der Waals surface area contributed by atoms with E-state index in [2.05, 4.69) is 66.6 Å². The van der Waals surface area contributed by atoms with Crippen LogP contribution in [-0.2, 0) is 20.1 Å². The molecular weight excluding hydrogens is 493 g/mol. The Labute approximate surface area is 157 Å². The van der Waals surface area contributed by atoms with Gasteiger partial charge >= 0.3 is 0 Å². The second kappa shape index (κ2) is 5.82. The summed E-state index contributed by atoms with van der Waals surface area (Å²) >= 11 is 1.83. The molecule has 0 saturated carbocycles. The van der Waals surface area contributed by atoms with Gasteiger partial charge in [0.05, 0.1) is 5.52 Å². The Bertz CT molecular complexity index is 1190. The van der Waals surface area contributed by atoms with Crippen LogP contribution in [0.4, 0.5) is 0 Å². The number of aryl methyl sites for hydroxylation is 1. The molecule has 0 aliphatic rings. The van der Waals surface area contributed by atoms with Crippen molar-refractivity contribution in [3.05, 3.63) is 71.7 Å². The smallest absolute Gasteiger partial charge is 0.0711 e. The molecule has 0 atom stereocenters. The van der Waals surface area contributed by atoms with Crippen LogP contribution in [0.15, 0.2) is 60.8 Å². The Kier molecular flexibility index (Phi) is 3.76. The molecule has 4 heteroatoms. The summed E-state index contributed by atoms with van der Waals surface area (Å²) in [6, 6.07) is 22.6. The first-order chi connectivity index (χ1) is 11.3. The molecule has 0 spiro atoms. The maximum atomic E-state index is 4.53. The van der Waals surface area contributed by atoms with E-state index in [1.54, 1.807) is 0 Å². The fourth-order valence-electron chi connectivity index (χ4n) is 3.32. The van der Waals surface area contributed by atoms with Gasteiger partial charge in [0.1, 0.15) is 0 Å². The largest absolute Gasteiger partial charge is 0.257 e. The number of benzene rings is 2. The number of thiophene rings is 1. The maximum Gasteiger partial charge on any atom is 0.0711 e. The number of hydrogen-bond acceptors (Lipinski definition) is 2. The molecule has 3 heterocycles. The molecule has 0 amide bonds. The standard InChI is InChI=1S/C20H13N2S.Ir/c1-13-9-10-19(23-13)16-7-4-8-18-20(16)15-6-3-2-5-14(15)17-11-12-21-22(17)18;/h2-7,9-12H,1H3;/q-1;. The van der Waals surface area contributed by atoms with Crippen LogP contribution in [0.25, 0.3) is 37.6 Å². The van der Waals surface area contributed by atoms with Crippen LogP contribution >= 0.6 is 11.3 Å². The summed E-state index contributed by atoms with van der Waals surface area (Å²) < 4.78 is 2.00. The molecule has 0 aliphatic carbocycles. The number of rotatable bonds is 1. The Morgan fingerprint density at radius 1 is 1.00 bits per heavy atom. The molecule has 0 fully saturated rings. The summed E-state index contributed by atoms with van der Waals surface area (Å²) in [5.74, 6) is 0. The first kappa shape index (κ1) is 15.5. The van der Waals surface area contributed by atoms with Crippen LogP contribution in [0.3, 0.4) is 0 Å². The molecular formula is C20H13IrN2S-. The SMILES string of the molecule is Cc1ccc(-c2cc[c-]c3c2c2ccccc2c2ccnn32)s1.[Ir]. The minimum Gasteiger partial charge on any atom is -0.257 e. The van der Waals surface area contributed by atoms with Crippen molar-refractivity contribution in [1.82, 2.24) is 9.61 Å². The van der Waals surface area contributed by atoms with Gasteiger partial charge in [-0.25, -0.2) is 0 Å². The summed E-state index contributed by atoms with van der Waals surface area (Å²) in [7, 11) is 0. The zero-order chi connectivity index (χ0) is 15.4. The average molecular weight is 506 g/mol. The third-order valence-electron chi connectivity index (χ3n) is 4.31. The quantitative estimate of drug-likeness (QED) is 0.218. The number of aromatic nitrogens is 2. The predicted molar refractivity (Wildman–Crippen MR) is 97.1 cm³/mol. The van der Waals surface area contributed by atoms with Gasteiger partial charge in [0.2, 0.25) is 0 Å². The normalized spacial score (nSPS) is 11.2. The molecule has 0 unspecified atom stereocenters. The van der Waals surface area contributed by atoms with Crippen LogP contribution in [-0.4, -0.2) is 9.61 Å². The first-order valence-corrected chi connectivity index (χ1v) is 8.40. The minimum absolute atomic E-state index is 0. The van der Waals surface area contributed by atoms with E-state index in [9.17, 15) is 0 Å². The van der Waals surface area contributed by atoms with Crippen LogP contribution in [0, 0.1) is 13.0 Å². The summed E-state index contributed by atoms with van der Waals surface area (Å²) in [6.07, 6.45) is 1.86. The second-order valence-electron chi connectivity index (χ2n) is 5.70. The number of hydrogen-bond donors (Lipinski definition) is 0. The van der Waals surface area contributed by atoms with Gasteiger partial charge in [-0.05, 0) is 36.0 Å². The van der Waals surface area contributed by atoms with Crippen molar-refractivity contribution in [3.63, 3.8) is 0 Å². The Morgan fingerprint density at radius 2 is 1.83 bits per heavy atom. The van der Waals surface area contributed by atoms with Gasteiger partial charge in [-0.2, -0.15) is 23.3 Å². The second-order valence-corrected chi connectivity index (χ2v) is 6.99. The van der Waals surface area contributed by atoms with Crippen LogP contribution in [0.2, 0.25) is 0 Å². The molecule has 0 aliphatic heterocycles. The van der Waals surface area contributed by atoms with Gasteiger partial charge < -0.3 is 0 Å². The van der Waals surface area contributed by atoms with E-state index >= 15 is 0 Å². The van der Waals surface area contributed by atoms with Gasteiger partial charge in [-0.3, -0.25) is 4.52 Å². The van der Waals surface area contributed by atoms with E-state index in [0.29, 0.717) is 0 Å². The van der Waals surface area contributed by atoms with Crippen LogP contribution in [0.1, 0.15) is 4.88 Å². The molecule has 0 saturated heterocycles. The van der Waals surface area contributed by atoms with Crippen LogP contribution in [0.5, 0.6) is 0 Å². The predicted octanol–water partition coefficient (Wildman–Crippen LogP) is 5.48. The van der Waals surface area contributed by atoms with Gasteiger partial charge in [0.25, 0.3) is 0 Å². The third kappa shape index (κ3) is 2.15. The van der Waals surface area contributed by atoms with Crippen molar-refractivity contribution in [3.8, 4) is 10.4 Å². The van der Waals surface area contributed by atoms with Crippen molar-refractivity contribution in [1.29, 1.82) is 0 Å². The molecule has 119 valence electrons. The van der Waals surface area contributed by atoms with Crippen molar-refractivity contribution in [2.75, 3.05) is 0 Å². The van der Waals surface area contributed by atoms with Crippen LogP contribution < -0.4 is 0 Å². The molecule has 5 aromatic rings.